The van der Waals surface area contributed by atoms with Crippen LogP contribution in [0.5, 0.6) is 0 Å². The van der Waals surface area contributed by atoms with Crippen molar-refractivity contribution < 1.29 is 0 Å². The second kappa shape index (κ2) is 3.26. The van der Waals surface area contributed by atoms with Gasteiger partial charge in [0.15, 0.2) is 0 Å². The number of hydrogen-bond donors (Lipinski definition) is 0. The van der Waals surface area contributed by atoms with Gasteiger partial charge in [-0.3, -0.25) is 17.0 Å². The van der Waals surface area contributed by atoms with E-state index in [1.165, 1.54) is 30.5 Å². The molecule has 4 heteroatoms. The molecule has 0 amide bonds. The third-order valence-corrected chi connectivity index (χ3v) is 4.53. The quantitative estimate of drug-likeness (QED) is 0.661. The van der Waals surface area contributed by atoms with E-state index in [1.54, 1.807) is 12.4 Å². The Labute approximate surface area is 107 Å². The number of hydrogen-bond acceptors (Lipinski definition) is 3. The maximum absolute atomic E-state index is 4.56. The van der Waals surface area contributed by atoms with Crippen LogP contribution in [-0.2, 0) is 12.0 Å². The third-order valence-electron chi connectivity index (χ3n) is 4.53. The summed E-state index contributed by atoms with van der Waals surface area (Å²) in [6.07, 6.45) is 7.30. The van der Waals surface area contributed by atoms with E-state index in [0.717, 1.165) is 24.3 Å². The summed E-state index contributed by atoms with van der Waals surface area (Å²) in [5, 5.41) is 0. The highest BCUT2D eigenvalue weighted by Gasteiger charge is 2.42. The lowest BCUT2D eigenvalue weighted by atomic mass is 9.62. The molecule has 3 heterocycles. The lowest BCUT2D eigenvalue weighted by Gasteiger charge is -2.53. The van der Waals surface area contributed by atoms with Gasteiger partial charge < -0.3 is 9.47 Å². The number of rotatable bonds is 0. The lowest BCUT2D eigenvalue weighted by Crippen LogP contribution is -2.47. The second-order valence-electron chi connectivity index (χ2n) is 5.60. The fourth-order valence-corrected chi connectivity index (χ4v) is 3.61. The van der Waals surface area contributed by atoms with E-state index in [1.807, 2.05) is 4.57 Å². The van der Waals surface area contributed by atoms with E-state index in [2.05, 4.69) is 29.0 Å². The van der Waals surface area contributed by atoms with E-state index < -0.39 is 0 Å². The van der Waals surface area contributed by atoms with Crippen LogP contribution in [0.1, 0.15) is 30.5 Å². The standard InChI is InChI=1S/C14H16N4/c1-17-8-10-11(14(9-17)4-3-5-14)12-13(18(10)2)16-7-6-15-12/h6-7H,1-5,8-9H2/q-2. The van der Waals surface area contributed by atoms with Gasteiger partial charge in [0.05, 0.1) is 5.65 Å². The van der Waals surface area contributed by atoms with Gasteiger partial charge >= 0.3 is 0 Å². The molecule has 1 spiro atoms. The monoisotopic (exact) mass is 240 g/mol. The van der Waals surface area contributed by atoms with Gasteiger partial charge in [-0.05, 0) is 31.3 Å². The first-order chi connectivity index (χ1) is 8.71. The van der Waals surface area contributed by atoms with Crippen molar-refractivity contribution in [3.63, 3.8) is 0 Å². The number of fused-ring (bicyclic) bond motifs is 4. The molecule has 1 saturated carbocycles. The van der Waals surface area contributed by atoms with Gasteiger partial charge in [0.2, 0.25) is 0 Å². The van der Waals surface area contributed by atoms with Crippen LogP contribution in [0.4, 0.5) is 0 Å². The Hall–Kier alpha value is -1.55. The van der Waals surface area contributed by atoms with E-state index in [0.29, 0.717) is 0 Å². The number of nitrogens with zero attached hydrogens (tertiary/aromatic N) is 4. The summed E-state index contributed by atoms with van der Waals surface area (Å²) >= 11 is 0. The molecule has 0 saturated heterocycles. The zero-order chi connectivity index (χ0) is 12.3. The zero-order valence-electron chi connectivity index (χ0n) is 10.4. The van der Waals surface area contributed by atoms with Crippen molar-refractivity contribution in [2.45, 2.75) is 31.2 Å². The van der Waals surface area contributed by atoms with Crippen LogP contribution in [0.15, 0.2) is 12.4 Å². The summed E-state index contributed by atoms with van der Waals surface area (Å²) in [7, 11) is 8.28. The first kappa shape index (κ1) is 10.4. The molecule has 2 aromatic heterocycles. The summed E-state index contributed by atoms with van der Waals surface area (Å²) in [5.74, 6) is 0. The molecule has 1 aliphatic carbocycles. The van der Waals surface area contributed by atoms with Gasteiger partial charge in [-0.2, -0.15) is 0 Å². The normalized spacial score (nSPS) is 22.1. The van der Waals surface area contributed by atoms with Crippen LogP contribution in [0.25, 0.3) is 11.2 Å². The van der Waals surface area contributed by atoms with Crippen LogP contribution in [0.3, 0.4) is 0 Å². The average molecular weight is 240 g/mol. The van der Waals surface area contributed by atoms with Gasteiger partial charge in [-0.1, -0.05) is 17.7 Å². The number of aromatic nitrogens is 3. The van der Waals surface area contributed by atoms with Crippen molar-refractivity contribution in [2.75, 3.05) is 6.54 Å². The Morgan fingerprint density at radius 3 is 2.67 bits per heavy atom. The van der Waals surface area contributed by atoms with Crippen LogP contribution in [0, 0.1) is 14.1 Å². The van der Waals surface area contributed by atoms with Crippen molar-refractivity contribution in [1.82, 2.24) is 19.4 Å². The van der Waals surface area contributed by atoms with E-state index >= 15 is 0 Å². The molecule has 0 bridgehead atoms. The fraction of sp³-hybridized carbons (Fsp3) is 0.429. The Kier molecular flexibility index (Phi) is 1.88. The van der Waals surface area contributed by atoms with Crippen LogP contribution < -0.4 is 0 Å². The SMILES string of the molecule is [CH2-]N1Cc2c(c3nccnc3n2[CH2-])C2(CCC2)C1. The summed E-state index contributed by atoms with van der Waals surface area (Å²) in [5.41, 5.74) is 4.86. The van der Waals surface area contributed by atoms with Crippen LogP contribution in [0.2, 0.25) is 0 Å². The molecule has 0 unspecified atom stereocenters. The maximum atomic E-state index is 4.56. The predicted molar refractivity (Wildman–Crippen MR) is 69.6 cm³/mol. The predicted octanol–water partition coefficient (Wildman–Crippen LogP) is 2.10. The highest BCUT2D eigenvalue weighted by Crippen LogP contribution is 2.50. The fourth-order valence-electron chi connectivity index (χ4n) is 3.61. The molecule has 1 fully saturated rings. The maximum Gasteiger partial charge on any atom is 0.0510 e. The van der Waals surface area contributed by atoms with E-state index in [-0.39, 0.29) is 5.41 Å². The molecule has 0 aromatic carbocycles. The smallest absolute Gasteiger partial charge is 0.0510 e. The van der Waals surface area contributed by atoms with E-state index in [4.69, 9.17) is 0 Å². The summed E-state index contributed by atoms with van der Waals surface area (Å²) < 4.78 is 1.95. The van der Waals surface area contributed by atoms with Crippen molar-refractivity contribution >= 4 is 11.2 Å². The second-order valence-corrected chi connectivity index (χ2v) is 5.60. The molecule has 18 heavy (non-hydrogen) atoms. The molecular weight excluding hydrogens is 224 g/mol. The van der Waals surface area contributed by atoms with Crippen molar-refractivity contribution in [1.29, 1.82) is 0 Å². The topological polar surface area (TPSA) is 34.0 Å². The molecular formula is C14H16N4-2. The molecule has 0 radical (unpaired) electrons. The lowest BCUT2D eigenvalue weighted by molar-refractivity contribution is 0.146. The molecule has 2 aliphatic rings. The van der Waals surface area contributed by atoms with Crippen molar-refractivity contribution in [3.05, 3.63) is 37.7 Å². The Morgan fingerprint density at radius 1 is 1.17 bits per heavy atom. The average Bonchev–Trinajstić information content (AvgIpc) is 2.61. The molecule has 4 rings (SSSR count). The zero-order valence-corrected chi connectivity index (χ0v) is 10.4. The minimum absolute atomic E-state index is 0.257. The summed E-state index contributed by atoms with van der Waals surface area (Å²) in [6, 6.07) is 0. The molecule has 0 N–H and O–H groups in total. The third kappa shape index (κ3) is 1.11. The van der Waals surface area contributed by atoms with Gasteiger partial charge in [0, 0.05) is 17.9 Å². The minimum atomic E-state index is 0.257. The first-order valence-electron chi connectivity index (χ1n) is 6.42. The van der Waals surface area contributed by atoms with Crippen molar-refractivity contribution in [3.8, 4) is 0 Å². The van der Waals surface area contributed by atoms with Crippen LogP contribution in [-0.4, -0.2) is 26.0 Å². The molecule has 1 aliphatic heterocycles. The molecule has 4 nitrogen and oxygen atoms in total. The highest BCUT2D eigenvalue weighted by molar-refractivity contribution is 5.80. The largest absolute Gasteiger partial charge is 0.467 e. The van der Waals surface area contributed by atoms with Crippen LogP contribution >= 0.6 is 0 Å². The highest BCUT2D eigenvalue weighted by atomic mass is 15.2. The van der Waals surface area contributed by atoms with Gasteiger partial charge in [0.1, 0.15) is 0 Å². The minimum Gasteiger partial charge on any atom is -0.467 e. The molecule has 94 valence electrons. The summed E-state index contributed by atoms with van der Waals surface area (Å²) in [4.78, 5) is 11.1. The summed E-state index contributed by atoms with van der Waals surface area (Å²) in [6.45, 7) is 1.88. The van der Waals surface area contributed by atoms with Crippen molar-refractivity contribution in [2.24, 2.45) is 0 Å². The van der Waals surface area contributed by atoms with Gasteiger partial charge in [0.25, 0.3) is 0 Å². The Morgan fingerprint density at radius 2 is 1.94 bits per heavy atom. The van der Waals surface area contributed by atoms with Gasteiger partial charge in [-0.15, -0.1) is 7.05 Å². The Balaban J connectivity index is 2.07. The Bertz CT molecular complexity index is 624. The molecule has 0 atom stereocenters. The van der Waals surface area contributed by atoms with Gasteiger partial charge in [-0.25, -0.2) is 0 Å². The van der Waals surface area contributed by atoms with E-state index in [9.17, 15) is 0 Å². The first-order valence-corrected chi connectivity index (χ1v) is 6.42. The molecule has 2 aromatic rings.